The van der Waals surface area contributed by atoms with Crippen LogP contribution in [0.3, 0.4) is 0 Å². The lowest BCUT2D eigenvalue weighted by Gasteiger charge is -2.36. The Kier molecular flexibility index (Phi) is 9.12. The summed E-state index contributed by atoms with van der Waals surface area (Å²) >= 11 is 6.07. The summed E-state index contributed by atoms with van der Waals surface area (Å²) in [7, 11) is 0. The maximum atomic E-state index is 14.9. The van der Waals surface area contributed by atoms with Crippen molar-refractivity contribution in [3.05, 3.63) is 130 Å². The van der Waals surface area contributed by atoms with E-state index in [4.69, 9.17) is 11.6 Å². The van der Waals surface area contributed by atoms with Gasteiger partial charge < -0.3 is 15.4 Å². The quantitative estimate of drug-likeness (QED) is 0.187. The summed E-state index contributed by atoms with van der Waals surface area (Å²) < 4.78 is 72.6. The number of carbonyl (C=O) groups is 1. The molecule has 0 aliphatic heterocycles. The minimum absolute atomic E-state index is 0.0380. The van der Waals surface area contributed by atoms with Gasteiger partial charge in [-0.05, 0) is 47.9 Å². The van der Waals surface area contributed by atoms with Gasteiger partial charge in [-0.1, -0.05) is 72.3 Å². The molecule has 1 aromatic heterocycles. The van der Waals surface area contributed by atoms with Gasteiger partial charge in [0.05, 0.1) is 16.8 Å². The number of pyridine rings is 1. The monoisotopic (exact) mass is 589 g/mol. The normalized spacial score (nSPS) is 13.8. The molecule has 3 aromatic carbocycles. The minimum atomic E-state index is -4.89. The van der Waals surface area contributed by atoms with E-state index in [-0.39, 0.29) is 22.7 Å². The Morgan fingerprint density at radius 3 is 2.24 bits per heavy atom. The third kappa shape index (κ3) is 7.32. The van der Waals surface area contributed by atoms with Gasteiger partial charge in [-0.3, -0.25) is 4.98 Å². The van der Waals surface area contributed by atoms with E-state index in [9.17, 15) is 26.7 Å². The number of nitrogens with zero attached hydrogens (tertiary/aromatic N) is 1. The third-order valence-electron chi connectivity index (χ3n) is 6.32. The Labute approximate surface area is 238 Å². The van der Waals surface area contributed by atoms with Crippen LogP contribution in [0.5, 0.6) is 5.75 Å². The van der Waals surface area contributed by atoms with Crippen LogP contribution in [-0.2, 0) is 12.0 Å². The van der Waals surface area contributed by atoms with Gasteiger partial charge in [0.1, 0.15) is 17.1 Å². The average molecular weight is 590 g/mol. The Bertz CT molecular complexity index is 1460. The van der Waals surface area contributed by atoms with Crippen LogP contribution in [0.2, 0.25) is 5.02 Å². The van der Waals surface area contributed by atoms with Crippen molar-refractivity contribution in [2.24, 2.45) is 0 Å². The molecule has 0 unspecified atom stereocenters. The van der Waals surface area contributed by atoms with Crippen molar-refractivity contribution in [3.63, 3.8) is 0 Å². The first-order chi connectivity index (χ1) is 19.5. The summed E-state index contributed by atoms with van der Waals surface area (Å²) in [4.78, 5) is 17.9. The second kappa shape index (κ2) is 12.6. The topological polar surface area (TPSA) is 63.2 Å². The van der Waals surface area contributed by atoms with Crippen molar-refractivity contribution in [3.8, 4) is 5.75 Å². The first-order valence-electron chi connectivity index (χ1n) is 12.4. The van der Waals surface area contributed by atoms with E-state index in [1.807, 2.05) is 30.3 Å². The summed E-state index contributed by atoms with van der Waals surface area (Å²) in [5, 5.41) is 5.95. The molecule has 11 heteroatoms. The maximum Gasteiger partial charge on any atom is 0.461 e. The second-order valence-corrected chi connectivity index (χ2v) is 9.74. The highest BCUT2D eigenvalue weighted by Gasteiger charge is 2.45. The molecule has 4 rings (SSSR count). The first-order valence-corrected chi connectivity index (χ1v) is 12.8. The zero-order chi connectivity index (χ0) is 29.6. The number of halogens is 6. The Morgan fingerprint density at radius 2 is 1.63 bits per heavy atom. The molecule has 0 aliphatic rings. The van der Waals surface area contributed by atoms with Crippen LogP contribution in [0.4, 0.5) is 26.7 Å². The van der Waals surface area contributed by atoms with Crippen LogP contribution in [0.1, 0.15) is 35.3 Å². The molecule has 2 N–H and O–H groups in total. The molecule has 0 bridgehead atoms. The van der Waals surface area contributed by atoms with Crippen molar-refractivity contribution in [2.75, 3.05) is 0 Å². The van der Waals surface area contributed by atoms with E-state index >= 15 is 0 Å². The van der Waals surface area contributed by atoms with Crippen molar-refractivity contribution in [2.45, 2.75) is 37.5 Å². The van der Waals surface area contributed by atoms with Gasteiger partial charge >= 0.3 is 18.6 Å². The third-order valence-corrected chi connectivity index (χ3v) is 6.55. The van der Waals surface area contributed by atoms with Crippen LogP contribution in [-0.4, -0.2) is 23.5 Å². The standard InChI is InChI=1S/C30H25ClF5N3O2/c1-19(21-10-6-3-7-11-21)38-28(40)39-29(17-20-8-4-2-5-9-20,26-13-12-23(31)18-37-26)22-14-24(32)16-25(15-22)41-30(35,36)27(33)34/h2-16,18-19,27H,17H2,1H3,(H2,38,39,40)/t19-,29-/m0/s1. The fraction of sp³-hybridized carbons (Fsp3) is 0.200. The smallest absolute Gasteiger partial charge is 0.428 e. The summed E-state index contributed by atoms with van der Waals surface area (Å²) in [6.07, 6.45) is -7.78. The lowest BCUT2D eigenvalue weighted by Crippen LogP contribution is -2.53. The molecular weight excluding hydrogens is 565 g/mol. The van der Waals surface area contributed by atoms with Crippen LogP contribution in [0, 0.1) is 5.82 Å². The van der Waals surface area contributed by atoms with Gasteiger partial charge in [-0.15, -0.1) is 0 Å². The highest BCUT2D eigenvalue weighted by atomic mass is 35.5. The van der Waals surface area contributed by atoms with E-state index in [0.29, 0.717) is 11.6 Å². The van der Waals surface area contributed by atoms with E-state index < -0.39 is 41.7 Å². The lowest BCUT2D eigenvalue weighted by atomic mass is 9.80. The van der Waals surface area contributed by atoms with Crippen molar-refractivity contribution in [1.29, 1.82) is 0 Å². The summed E-state index contributed by atoms with van der Waals surface area (Å²) in [5.74, 6) is -1.93. The van der Waals surface area contributed by atoms with Crippen LogP contribution in [0.25, 0.3) is 0 Å². The first kappa shape index (κ1) is 29.8. The zero-order valence-corrected chi connectivity index (χ0v) is 22.4. The largest absolute Gasteiger partial charge is 0.461 e. The molecule has 5 nitrogen and oxygen atoms in total. The molecule has 0 radical (unpaired) electrons. The number of urea groups is 1. The van der Waals surface area contributed by atoms with Gasteiger partial charge in [-0.2, -0.15) is 17.6 Å². The van der Waals surface area contributed by atoms with E-state index in [0.717, 1.165) is 17.7 Å². The second-order valence-electron chi connectivity index (χ2n) is 9.30. The van der Waals surface area contributed by atoms with Crippen molar-refractivity contribution >= 4 is 17.6 Å². The van der Waals surface area contributed by atoms with E-state index in [1.165, 1.54) is 18.3 Å². The SMILES string of the molecule is C[C@H](NC(=O)N[C@@](Cc1ccccc1)(c1cc(F)cc(OC(F)(F)C(F)F)c1)c1ccc(Cl)cn1)c1ccccc1. The van der Waals surface area contributed by atoms with Gasteiger partial charge in [-0.25, -0.2) is 9.18 Å². The van der Waals surface area contributed by atoms with Crippen molar-refractivity contribution in [1.82, 2.24) is 15.6 Å². The number of amides is 2. The Morgan fingerprint density at radius 1 is 0.976 bits per heavy atom. The summed E-state index contributed by atoms with van der Waals surface area (Å²) in [6.45, 7) is 1.76. The number of ether oxygens (including phenoxy) is 1. The molecule has 0 saturated heterocycles. The summed E-state index contributed by atoms with van der Waals surface area (Å²) in [5.41, 5.74) is -0.154. The number of hydrogen-bond acceptors (Lipinski definition) is 3. The van der Waals surface area contributed by atoms with Crippen LogP contribution >= 0.6 is 11.6 Å². The molecule has 0 spiro atoms. The number of benzene rings is 3. The van der Waals surface area contributed by atoms with E-state index in [2.05, 4.69) is 20.4 Å². The number of carbonyl (C=O) groups excluding carboxylic acids is 1. The summed E-state index contributed by atoms with van der Waals surface area (Å²) in [6, 6.07) is 22.2. The zero-order valence-electron chi connectivity index (χ0n) is 21.6. The molecule has 1 heterocycles. The minimum Gasteiger partial charge on any atom is -0.428 e. The Balaban J connectivity index is 1.85. The van der Waals surface area contributed by atoms with Crippen LogP contribution in [0.15, 0.2) is 97.2 Å². The maximum absolute atomic E-state index is 14.9. The fourth-order valence-corrected chi connectivity index (χ4v) is 4.48. The predicted octanol–water partition coefficient (Wildman–Crippen LogP) is 7.66. The number of aromatic nitrogens is 1. The van der Waals surface area contributed by atoms with Crippen molar-refractivity contribution < 1.29 is 31.5 Å². The molecule has 214 valence electrons. The highest BCUT2D eigenvalue weighted by Crippen LogP contribution is 2.37. The number of nitrogens with one attached hydrogen (secondary N) is 2. The molecule has 2 atom stereocenters. The van der Waals surface area contributed by atoms with Gasteiger partial charge in [0, 0.05) is 18.7 Å². The molecule has 2 amide bonds. The fourth-order valence-electron chi connectivity index (χ4n) is 4.37. The average Bonchev–Trinajstić information content (AvgIpc) is 2.93. The van der Waals surface area contributed by atoms with Gasteiger partial charge in [0.2, 0.25) is 0 Å². The number of rotatable bonds is 10. The van der Waals surface area contributed by atoms with Crippen LogP contribution < -0.4 is 15.4 Å². The van der Waals surface area contributed by atoms with Gasteiger partial charge in [0.25, 0.3) is 0 Å². The molecule has 0 fully saturated rings. The van der Waals surface area contributed by atoms with Gasteiger partial charge in [0.15, 0.2) is 0 Å². The number of alkyl halides is 4. The molecule has 41 heavy (non-hydrogen) atoms. The lowest BCUT2D eigenvalue weighted by molar-refractivity contribution is -0.253. The predicted molar refractivity (Wildman–Crippen MR) is 145 cm³/mol. The number of hydrogen-bond donors (Lipinski definition) is 2. The highest BCUT2D eigenvalue weighted by molar-refractivity contribution is 6.30. The van der Waals surface area contributed by atoms with E-state index in [1.54, 1.807) is 37.3 Å². The molecular formula is C30H25ClF5N3O2. The molecule has 4 aromatic rings. The Hall–Kier alpha value is -4.18. The molecule has 0 aliphatic carbocycles. The molecule has 0 saturated carbocycles.